The van der Waals surface area contributed by atoms with Gasteiger partial charge in [0.15, 0.2) is 0 Å². The molecule has 5 N–H and O–H groups in total. The third-order valence-corrected chi connectivity index (χ3v) is 5.34. The fourth-order valence-electron chi connectivity index (χ4n) is 2.91. The van der Waals surface area contributed by atoms with Crippen molar-refractivity contribution in [2.45, 2.75) is 24.8 Å². The van der Waals surface area contributed by atoms with Crippen LogP contribution in [-0.4, -0.2) is 24.0 Å². The molecular weight excluding hydrogens is 394 g/mol. The van der Waals surface area contributed by atoms with Crippen LogP contribution in [0.25, 0.3) is 5.69 Å². The van der Waals surface area contributed by atoms with Crippen LogP contribution in [0.3, 0.4) is 0 Å². The van der Waals surface area contributed by atoms with Crippen LogP contribution < -0.4 is 21.5 Å². The number of imidazole rings is 1. The molecule has 0 aliphatic carbocycles. The maximum atomic E-state index is 12.5. The molecule has 0 aliphatic heterocycles. The summed E-state index contributed by atoms with van der Waals surface area (Å²) >= 11 is 0. The summed E-state index contributed by atoms with van der Waals surface area (Å²) in [7, 11) is -3.77. The Hall–Kier alpha value is -3.37. The molecule has 2 amide bonds. The van der Waals surface area contributed by atoms with Crippen LogP contribution in [0.4, 0.5) is 10.5 Å². The molecule has 0 bridgehead atoms. The number of primary sulfonamides is 1. The second kappa shape index (κ2) is 7.94. The van der Waals surface area contributed by atoms with E-state index in [1.54, 1.807) is 56.4 Å². The quantitative estimate of drug-likeness (QED) is 0.506. The number of nitrogens with one attached hydrogen (secondary N) is 3. The number of aryl methyl sites for hydroxylation is 1. The minimum Gasteiger partial charge on any atom is -0.331 e. The van der Waals surface area contributed by atoms with E-state index in [1.807, 2.05) is 0 Å². The fraction of sp³-hybridized carbons (Fsp3) is 0.158. The molecule has 1 aromatic heterocycles. The number of H-pyrrole nitrogens is 1. The molecule has 29 heavy (non-hydrogen) atoms. The van der Waals surface area contributed by atoms with Gasteiger partial charge in [0.25, 0.3) is 0 Å². The van der Waals surface area contributed by atoms with E-state index in [4.69, 9.17) is 5.14 Å². The van der Waals surface area contributed by atoms with E-state index in [0.717, 1.165) is 0 Å². The van der Waals surface area contributed by atoms with Crippen LogP contribution in [0.5, 0.6) is 0 Å². The van der Waals surface area contributed by atoms with Crippen LogP contribution in [0.2, 0.25) is 0 Å². The molecule has 152 valence electrons. The minimum absolute atomic E-state index is 0.000793. The van der Waals surface area contributed by atoms with Gasteiger partial charge in [0.05, 0.1) is 22.3 Å². The average Bonchev–Trinajstić information content (AvgIpc) is 3.00. The molecular formula is C19H21N5O4S. The molecule has 0 aliphatic rings. The van der Waals surface area contributed by atoms with Gasteiger partial charge in [-0.2, -0.15) is 0 Å². The van der Waals surface area contributed by atoms with Crippen molar-refractivity contribution in [2.24, 2.45) is 5.14 Å². The first-order chi connectivity index (χ1) is 13.7. The van der Waals surface area contributed by atoms with Gasteiger partial charge in [-0.15, -0.1) is 0 Å². The average molecular weight is 415 g/mol. The maximum absolute atomic E-state index is 12.5. The van der Waals surface area contributed by atoms with Gasteiger partial charge < -0.3 is 15.6 Å². The number of para-hydroxylation sites is 2. The van der Waals surface area contributed by atoms with Crippen molar-refractivity contribution in [1.82, 2.24) is 14.9 Å². The molecule has 0 radical (unpaired) electrons. The van der Waals surface area contributed by atoms with Gasteiger partial charge in [-0.25, -0.2) is 23.1 Å². The van der Waals surface area contributed by atoms with Gasteiger partial charge in [0.1, 0.15) is 0 Å². The molecule has 0 fully saturated rings. The Bertz CT molecular complexity index is 1200. The van der Waals surface area contributed by atoms with Crippen LogP contribution in [-0.2, 0) is 10.0 Å². The van der Waals surface area contributed by atoms with Crippen molar-refractivity contribution in [3.05, 3.63) is 76.5 Å². The SMILES string of the molecule is Cc1c[nH]c(=O)n1-c1ccccc1NC(=O)NC(C)c1ccc(S(N)(=O)=O)cc1. The molecule has 0 spiro atoms. The Morgan fingerprint density at radius 1 is 1.14 bits per heavy atom. The maximum Gasteiger partial charge on any atom is 0.330 e. The predicted octanol–water partition coefficient (Wildman–Crippen LogP) is 2.00. The third-order valence-electron chi connectivity index (χ3n) is 4.41. The van der Waals surface area contributed by atoms with Crippen molar-refractivity contribution in [3.63, 3.8) is 0 Å². The van der Waals surface area contributed by atoms with E-state index >= 15 is 0 Å². The summed E-state index contributed by atoms with van der Waals surface area (Å²) in [6.07, 6.45) is 1.59. The number of nitrogens with zero attached hydrogens (tertiary/aromatic N) is 1. The topological polar surface area (TPSA) is 139 Å². The van der Waals surface area contributed by atoms with Crippen molar-refractivity contribution >= 4 is 21.7 Å². The Kier molecular flexibility index (Phi) is 5.57. The molecule has 3 aromatic rings. The van der Waals surface area contributed by atoms with Gasteiger partial charge in [0, 0.05) is 11.9 Å². The zero-order chi connectivity index (χ0) is 21.2. The lowest BCUT2D eigenvalue weighted by atomic mass is 10.1. The second-order valence-corrected chi connectivity index (χ2v) is 8.08. The monoisotopic (exact) mass is 415 g/mol. The van der Waals surface area contributed by atoms with Gasteiger partial charge in [-0.05, 0) is 43.7 Å². The molecule has 1 atom stereocenters. The minimum atomic E-state index is -3.77. The van der Waals surface area contributed by atoms with Crippen molar-refractivity contribution in [1.29, 1.82) is 0 Å². The number of carbonyl (C=O) groups is 1. The Morgan fingerprint density at radius 2 is 1.79 bits per heavy atom. The standard InChI is InChI=1S/C19H21N5O4S/c1-12-11-21-19(26)24(12)17-6-4-3-5-16(17)23-18(25)22-13(2)14-7-9-15(10-8-14)29(20,27)28/h3-11,13H,1-2H3,(H,21,26)(H2,20,27,28)(H2,22,23,25). The van der Waals surface area contributed by atoms with Crippen molar-refractivity contribution in [2.75, 3.05) is 5.32 Å². The van der Waals surface area contributed by atoms with E-state index in [2.05, 4.69) is 15.6 Å². The number of rotatable bonds is 5. The summed E-state index contributed by atoms with van der Waals surface area (Å²) < 4.78 is 24.2. The van der Waals surface area contributed by atoms with Gasteiger partial charge in [-0.1, -0.05) is 24.3 Å². The molecule has 1 unspecified atom stereocenters. The molecule has 0 saturated heterocycles. The highest BCUT2D eigenvalue weighted by atomic mass is 32.2. The zero-order valence-electron chi connectivity index (χ0n) is 15.8. The van der Waals surface area contributed by atoms with Crippen LogP contribution >= 0.6 is 0 Å². The summed E-state index contributed by atoms with van der Waals surface area (Å²) in [6.45, 7) is 3.54. The summed E-state index contributed by atoms with van der Waals surface area (Å²) in [5, 5.41) is 10.6. The lowest BCUT2D eigenvalue weighted by Gasteiger charge is -2.17. The number of amides is 2. The number of hydrogen-bond donors (Lipinski definition) is 4. The first kappa shape index (κ1) is 20.4. The van der Waals surface area contributed by atoms with Crippen LogP contribution in [0.15, 0.2) is 64.4 Å². The van der Waals surface area contributed by atoms with Crippen LogP contribution in [0.1, 0.15) is 24.2 Å². The molecule has 1 heterocycles. The predicted molar refractivity (Wildman–Crippen MR) is 110 cm³/mol. The largest absolute Gasteiger partial charge is 0.331 e. The molecule has 3 rings (SSSR count). The van der Waals surface area contributed by atoms with E-state index < -0.39 is 22.1 Å². The zero-order valence-corrected chi connectivity index (χ0v) is 16.7. The molecule has 2 aromatic carbocycles. The van der Waals surface area contributed by atoms with Crippen LogP contribution in [0, 0.1) is 6.92 Å². The van der Waals surface area contributed by atoms with Gasteiger partial charge >= 0.3 is 11.7 Å². The molecule has 0 saturated carbocycles. The van der Waals surface area contributed by atoms with E-state index in [0.29, 0.717) is 22.6 Å². The number of hydrogen-bond acceptors (Lipinski definition) is 4. The first-order valence-electron chi connectivity index (χ1n) is 8.73. The Balaban J connectivity index is 1.76. The lowest BCUT2D eigenvalue weighted by Crippen LogP contribution is -2.32. The van der Waals surface area contributed by atoms with Gasteiger partial charge in [0.2, 0.25) is 10.0 Å². The van der Waals surface area contributed by atoms with E-state index in [-0.39, 0.29) is 10.6 Å². The fourth-order valence-corrected chi connectivity index (χ4v) is 3.43. The highest BCUT2D eigenvalue weighted by molar-refractivity contribution is 7.89. The number of carbonyl (C=O) groups excluding carboxylic acids is 1. The second-order valence-electron chi connectivity index (χ2n) is 6.52. The lowest BCUT2D eigenvalue weighted by molar-refractivity contribution is 0.249. The number of urea groups is 1. The molecule has 10 heteroatoms. The first-order valence-corrected chi connectivity index (χ1v) is 10.3. The summed E-state index contributed by atoms with van der Waals surface area (Å²) in [5.41, 5.74) is 2.11. The third kappa shape index (κ3) is 4.55. The van der Waals surface area contributed by atoms with Gasteiger partial charge in [-0.3, -0.25) is 4.57 Å². The number of aromatic nitrogens is 2. The number of aromatic amines is 1. The Morgan fingerprint density at radius 3 is 2.38 bits per heavy atom. The summed E-state index contributed by atoms with van der Waals surface area (Å²) in [4.78, 5) is 27.2. The highest BCUT2D eigenvalue weighted by Gasteiger charge is 2.15. The molecule has 9 nitrogen and oxygen atoms in total. The summed E-state index contributed by atoms with van der Waals surface area (Å²) in [5.74, 6) is 0. The number of anilines is 1. The van der Waals surface area contributed by atoms with E-state index in [9.17, 15) is 18.0 Å². The summed E-state index contributed by atoms with van der Waals surface area (Å²) in [6, 6.07) is 12.0. The Labute approximate surface area is 167 Å². The smallest absolute Gasteiger partial charge is 0.330 e. The van der Waals surface area contributed by atoms with Crippen molar-refractivity contribution < 1.29 is 13.2 Å². The number of benzene rings is 2. The highest BCUT2D eigenvalue weighted by Crippen LogP contribution is 2.20. The normalized spacial score (nSPS) is 12.4. The van der Waals surface area contributed by atoms with Crippen molar-refractivity contribution in [3.8, 4) is 5.69 Å². The number of sulfonamides is 1. The number of nitrogens with two attached hydrogens (primary N) is 1. The van der Waals surface area contributed by atoms with E-state index in [1.165, 1.54) is 16.7 Å².